The summed E-state index contributed by atoms with van der Waals surface area (Å²) >= 11 is 0. The molecule has 13 heavy (non-hydrogen) atoms. The molecule has 2 rings (SSSR count). The Kier molecular flexibility index (Phi) is 2.36. The number of hydrogen-bond donors (Lipinski definition) is 1. The van der Waals surface area contributed by atoms with E-state index in [9.17, 15) is 0 Å². The first kappa shape index (κ1) is 8.38. The second-order valence-electron chi connectivity index (χ2n) is 3.08. The lowest BCUT2D eigenvalue weighted by Crippen LogP contribution is -2.50. The standard InChI is InChI=1S/C10H13NO2/c1-12-8-3-2-4-9(5-8)13-10-6-11-7-10/h2-5,10-11H,6-7H2,1H3. The summed E-state index contributed by atoms with van der Waals surface area (Å²) in [5, 5.41) is 3.15. The van der Waals surface area contributed by atoms with E-state index in [-0.39, 0.29) is 0 Å². The zero-order valence-electron chi connectivity index (χ0n) is 7.62. The van der Waals surface area contributed by atoms with E-state index < -0.39 is 0 Å². The molecule has 3 heteroatoms. The van der Waals surface area contributed by atoms with Gasteiger partial charge in [0.05, 0.1) is 7.11 Å². The lowest BCUT2D eigenvalue weighted by molar-refractivity contribution is 0.142. The zero-order chi connectivity index (χ0) is 9.10. The van der Waals surface area contributed by atoms with Gasteiger partial charge in [-0.1, -0.05) is 6.07 Å². The Bertz CT molecular complexity index is 284. The van der Waals surface area contributed by atoms with Crippen molar-refractivity contribution in [1.29, 1.82) is 0 Å². The predicted molar refractivity (Wildman–Crippen MR) is 50.3 cm³/mol. The van der Waals surface area contributed by atoms with Crippen LogP contribution >= 0.6 is 0 Å². The Morgan fingerprint density at radius 3 is 2.69 bits per heavy atom. The maximum atomic E-state index is 5.65. The van der Waals surface area contributed by atoms with Gasteiger partial charge in [-0.15, -0.1) is 0 Å². The average molecular weight is 179 g/mol. The summed E-state index contributed by atoms with van der Waals surface area (Å²) in [5.74, 6) is 1.72. The number of hydrogen-bond acceptors (Lipinski definition) is 3. The minimum atomic E-state index is 0.326. The topological polar surface area (TPSA) is 30.5 Å². The van der Waals surface area contributed by atoms with E-state index in [0.29, 0.717) is 6.10 Å². The van der Waals surface area contributed by atoms with E-state index in [0.717, 1.165) is 24.6 Å². The maximum absolute atomic E-state index is 5.65. The fourth-order valence-electron chi connectivity index (χ4n) is 1.21. The van der Waals surface area contributed by atoms with Crippen molar-refractivity contribution in [3.8, 4) is 11.5 Å². The quantitative estimate of drug-likeness (QED) is 0.752. The Balaban J connectivity index is 2.01. The number of ether oxygens (including phenoxy) is 2. The second kappa shape index (κ2) is 3.66. The summed E-state index contributed by atoms with van der Waals surface area (Å²) in [6.45, 7) is 1.88. The molecule has 1 aromatic carbocycles. The summed E-state index contributed by atoms with van der Waals surface area (Å²) in [4.78, 5) is 0. The molecule has 0 saturated carbocycles. The van der Waals surface area contributed by atoms with Gasteiger partial charge in [0.1, 0.15) is 17.6 Å². The van der Waals surface area contributed by atoms with E-state index in [1.54, 1.807) is 7.11 Å². The molecule has 0 spiro atoms. The maximum Gasteiger partial charge on any atom is 0.123 e. The first-order valence-electron chi connectivity index (χ1n) is 4.40. The van der Waals surface area contributed by atoms with Crippen molar-refractivity contribution in [1.82, 2.24) is 5.32 Å². The molecule has 0 amide bonds. The van der Waals surface area contributed by atoms with Crippen molar-refractivity contribution in [2.24, 2.45) is 0 Å². The van der Waals surface area contributed by atoms with Gasteiger partial charge in [-0.2, -0.15) is 0 Å². The Labute approximate surface area is 77.7 Å². The molecular formula is C10H13NO2. The highest BCUT2D eigenvalue weighted by Crippen LogP contribution is 2.20. The lowest BCUT2D eigenvalue weighted by Gasteiger charge is -2.27. The Hall–Kier alpha value is -1.22. The highest BCUT2D eigenvalue weighted by Gasteiger charge is 2.18. The van der Waals surface area contributed by atoms with E-state index >= 15 is 0 Å². The highest BCUT2D eigenvalue weighted by molar-refractivity contribution is 5.33. The Morgan fingerprint density at radius 2 is 2.08 bits per heavy atom. The molecule has 1 N–H and O–H groups in total. The molecule has 3 nitrogen and oxygen atoms in total. The van der Waals surface area contributed by atoms with Crippen LogP contribution in [0.15, 0.2) is 24.3 Å². The van der Waals surface area contributed by atoms with Gasteiger partial charge in [0.2, 0.25) is 0 Å². The van der Waals surface area contributed by atoms with Gasteiger partial charge >= 0.3 is 0 Å². The van der Waals surface area contributed by atoms with E-state index in [2.05, 4.69) is 5.32 Å². The molecule has 0 aromatic heterocycles. The predicted octanol–water partition coefficient (Wildman–Crippen LogP) is 1.05. The number of nitrogens with one attached hydrogen (secondary N) is 1. The highest BCUT2D eigenvalue weighted by atomic mass is 16.5. The first-order valence-corrected chi connectivity index (χ1v) is 4.40. The van der Waals surface area contributed by atoms with Crippen LogP contribution in [0.25, 0.3) is 0 Å². The third-order valence-corrected chi connectivity index (χ3v) is 2.09. The van der Waals surface area contributed by atoms with Crippen LogP contribution in [0, 0.1) is 0 Å². The largest absolute Gasteiger partial charge is 0.497 e. The van der Waals surface area contributed by atoms with Crippen LogP contribution in [-0.2, 0) is 0 Å². The molecule has 1 aliphatic rings. The van der Waals surface area contributed by atoms with Gasteiger partial charge in [-0.3, -0.25) is 0 Å². The fourth-order valence-corrected chi connectivity index (χ4v) is 1.21. The molecule has 0 unspecified atom stereocenters. The minimum Gasteiger partial charge on any atom is -0.497 e. The fraction of sp³-hybridized carbons (Fsp3) is 0.400. The first-order chi connectivity index (χ1) is 6.38. The van der Waals surface area contributed by atoms with Gasteiger partial charge in [-0.25, -0.2) is 0 Å². The van der Waals surface area contributed by atoms with Crippen LogP contribution in [0.2, 0.25) is 0 Å². The number of methoxy groups -OCH3 is 1. The van der Waals surface area contributed by atoms with Crippen molar-refractivity contribution in [2.45, 2.75) is 6.10 Å². The van der Waals surface area contributed by atoms with Crippen LogP contribution in [0.3, 0.4) is 0 Å². The van der Waals surface area contributed by atoms with Crippen molar-refractivity contribution in [3.63, 3.8) is 0 Å². The van der Waals surface area contributed by atoms with Gasteiger partial charge in [0.25, 0.3) is 0 Å². The van der Waals surface area contributed by atoms with Gasteiger partial charge in [-0.05, 0) is 12.1 Å². The average Bonchev–Trinajstić information content (AvgIpc) is 2.12. The van der Waals surface area contributed by atoms with Crippen LogP contribution < -0.4 is 14.8 Å². The third-order valence-electron chi connectivity index (χ3n) is 2.09. The molecule has 0 atom stereocenters. The van der Waals surface area contributed by atoms with E-state index in [4.69, 9.17) is 9.47 Å². The van der Waals surface area contributed by atoms with Crippen molar-refractivity contribution < 1.29 is 9.47 Å². The molecule has 0 radical (unpaired) electrons. The summed E-state index contributed by atoms with van der Waals surface area (Å²) < 4.78 is 10.7. The summed E-state index contributed by atoms with van der Waals surface area (Å²) in [6, 6.07) is 7.69. The molecule has 1 fully saturated rings. The molecule has 0 aliphatic carbocycles. The monoisotopic (exact) mass is 179 g/mol. The normalized spacial score (nSPS) is 16.4. The molecule has 0 bridgehead atoms. The van der Waals surface area contributed by atoms with Gasteiger partial charge < -0.3 is 14.8 Å². The Morgan fingerprint density at radius 1 is 1.31 bits per heavy atom. The summed E-state index contributed by atoms with van der Waals surface area (Å²) in [7, 11) is 1.66. The van der Waals surface area contributed by atoms with Crippen LogP contribution in [0.4, 0.5) is 0 Å². The summed E-state index contributed by atoms with van der Waals surface area (Å²) in [6.07, 6.45) is 0.326. The van der Waals surface area contributed by atoms with Crippen molar-refractivity contribution >= 4 is 0 Å². The molecule has 1 saturated heterocycles. The minimum absolute atomic E-state index is 0.326. The second-order valence-corrected chi connectivity index (χ2v) is 3.08. The molecule has 1 aliphatic heterocycles. The van der Waals surface area contributed by atoms with Crippen LogP contribution in [0.1, 0.15) is 0 Å². The van der Waals surface area contributed by atoms with E-state index in [1.165, 1.54) is 0 Å². The molecule has 1 aromatic rings. The van der Waals surface area contributed by atoms with E-state index in [1.807, 2.05) is 24.3 Å². The molecular weight excluding hydrogens is 166 g/mol. The number of rotatable bonds is 3. The van der Waals surface area contributed by atoms with Gasteiger partial charge in [0, 0.05) is 19.2 Å². The smallest absolute Gasteiger partial charge is 0.123 e. The zero-order valence-corrected chi connectivity index (χ0v) is 7.62. The summed E-state index contributed by atoms with van der Waals surface area (Å²) in [5.41, 5.74) is 0. The van der Waals surface area contributed by atoms with Crippen molar-refractivity contribution in [2.75, 3.05) is 20.2 Å². The molecule has 70 valence electrons. The number of benzene rings is 1. The third kappa shape index (κ3) is 1.92. The van der Waals surface area contributed by atoms with Crippen LogP contribution in [0.5, 0.6) is 11.5 Å². The van der Waals surface area contributed by atoms with Crippen LogP contribution in [-0.4, -0.2) is 26.3 Å². The lowest BCUT2D eigenvalue weighted by atomic mass is 10.2. The van der Waals surface area contributed by atoms with Crippen molar-refractivity contribution in [3.05, 3.63) is 24.3 Å². The molecule has 1 heterocycles. The van der Waals surface area contributed by atoms with Gasteiger partial charge in [0.15, 0.2) is 0 Å². The SMILES string of the molecule is COc1cccc(OC2CNC2)c1.